The van der Waals surface area contributed by atoms with E-state index in [1.807, 2.05) is 24.3 Å². The van der Waals surface area contributed by atoms with E-state index in [1.54, 1.807) is 0 Å². The van der Waals surface area contributed by atoms with Crippen molar-refractivity contribution in [2.75, 3.05) is 13.1 Å². The van der Waals surface area contributed by atoms with E-state index >= 15 is 0 Å². The SMILES string of the molecule is Fc1ccc(F)c(C2CCNCC2c2ccc(Br)cc2)c1. The molecule has 0 saturated carbocycles. The summed E-state index contributed by atoms with van der Waals surface area (Å²) < 4.78 is 28.6. The van der Waals surface area contributed by atoms with Gasteiger partial charge in [0.15, 0.2) is 0 Å². The molecule has 4 heteroatoms. The molecule has 0 bridgehead atoms. The normalized spacial score (nSPS) is 22.2. The molecule has 3 rings (SSSR count). The number of hydrogen-bond acceptors (Lipinski definition) is 1. The van der Waals surface area contributed by atoms with Crippen LogP contribution in [-0.2, 0) is 0 Å². The molecule has 21 heavy (non-hydrogen) atoms. The first-order chi connectivity index (χ1) is 10.1. The average Bonchev–Trinajstić information content (AvgIpc) is 2.51. The Morgan fingerprint density at radius 2 is 1.76 bits per heavy atom. The quantitative estimate of drug-likeness (QED) is 0.834. The van der Waals surface area contributed by atoms with Crippen LogP contribution in [0.15, 0.2) is 46.9 Å². The van der Waals surface area contributed by atoms with E-state index in [2.05, 4.69) is 21.2 Å². The Morgan fingerprint density at radius 1 is 1.00 bits per heavy atom. The van der Waals surface area contributed by atoms with Gasteiger partial charge in [-0.1, -0.05) is 28.1 Å². The molecule has 110 valence electrons. The van der Waals surface area contributed by atoms with Gasteiger partial charge in [0.1, 0.15) is 11.6 Å². The molecule has 2 unspecified atom stereocenters. The maximum Gasteiger partial charge on any atom is 0.126 e. The van der Waals surface area contributed by atoms with E-state index in [9.17, 15) is 8.78 Å². The van der Waals surface area contributed by atoms with Crippen molar-refractivity contribution >= 4 is 15.9 Å². The van der Waals surface area contributed by atoms with E-state index in [-0.39, 0.29) is 23.5 Å². The first-order valence-corrected chi connectivity index (χ1v) is 7.85. The molecule has 0 aliphatic carbocycles. The third-order valence-corrected chi connectivity index (χ3v) is 4.67. The maximum atomic E-state index is 14.1. The molecule has 0 amide bonds. The monoisotopic (exact) mass is 351 g/mol. The zero-order valence-electron chi connectivity index (χ0n) is 11.5. The number of hydrogen-bond donors (Lipinski definition) is 1. The summed E-state index contributed by atoms with van der Waals surface area (Å²) in [4.78, 5) is 0. The second-order valence-electron chi connectivity index (χ2n) is 5.42. The van der Waals surface area contributed by atoms with Gasteiger partial charge < -0.3 is 5.32 Å². The Labute approximate surface area is 131 Å². The second kappa shape index (κ2) is 6.24. The fourth-order valence-corrected chi connectivity index (χ4v) is 3.35. The maximum absolute atomic E-state index is 14.1. The highest BCUT2D eigenvalue weighted by Gasteiger charge is 2.29. The van der Waals surface area contributed by atoms with Crippen LogP contribution in [0.3, 0.4) is 0 Å². The number of halogens is 3. The van der Waals surface area contributed by atoms with Crippen LogP contribution >= 0.6 is 15.9 Å². The molecule has 1 nitrogen and oxygen atoms in total. The lowest BCUT2D eigenvalue weighted by Gasteiger charge is -2.33. The fraction of sp³-hybridized carbons (Fsp3) is 0.294. The highest BCUT2D eigenvalue weighted by molar-refractivity contribution is 9.10. The standard InChI is InChI=1S/C17H16BrF2N/c18-12-3-1-11(2-4-12)16-10-21-8-7-14(16)15-9-13(19)5-6-17(15)20/h1-6,9,14,16,21H,7-8,10H2. The Balaban J connectivity index is 1.98. The second-order valence-corrected chi connectivity index (χ2v) is 6.34. The summed E-state index contributed by atoms with van der Waals surface area (Å²) in [6, 6.07) is 11.8. The van der Waals surface area contributed by atoms with Gasteiger partial charge in [-0.25, -0.2) is 8.78 Å². The minimum atomic E-state index is -0.375. The third kappa shape index (κ3) is 3.16. The molecule has 1 heterocycles. The predicted octanol–water partition coefficient (Wildman–Crippen LogP) is 4.59. The smallest absolute Gasteiger partial charge is 0.126 e. The highest BCUT2D eigenvalue weighted by atomic mass is 79.9. The summed E-state index contributed by atoms with van der Waals surface area (Å²) >= 11 is 3.43. The van der Waals surface area contributed by atoms with Gasteiger partial charge in [0.2, 0.25) is 0 Å². The Bertz CT molecular complexity index is 627. The van der Waals surface area contributed by atoms with E-state index in [0.29, 0.717) is 5.56 Å². The topological polar surface area (TPSA) is 12.0 Å². The van der Waals surface area contributed by atoms with E-state index in [4.69, 9.17) is 0 Å². The molecule has 2 aromatic carbocycles. The van der Waals surface area contributed by atoms with Crippen LogP contribution in [-0.4, -0.2) is 13.1 Å². The van der Waals surface area contributed by atoms with Gasteiger partial charge in [0.05, 0.1) is 0 Å². The lowest BCUT2D eigenvalue weighted by Crippen LogP contribution is -2.34. The zero-order valence-corrected chi connectivity index (χ0v) is 13.0. The largest absolute Gasteiger partial charge is 0.316 e. The van der Waals surface area contributed by atoms with Gasteiger partial charge in [-0.3, -0.25) is 0 Å². The Morgan fingerprint density at radius 3 is 2.52 bits per heavy atom. The van der Waals surface area contributed by atoms with Gasteiger partial charge >= 0.3 is 0 Å². The fourth-order valence-electron chi connectivity index (χ4n) is 3.09. The number of piperidine rings is 1. The molecule has 2 atom stereocenters. The van der Waals surface area contributed by atoms with Crippen LogP contribution in [0, 0.1) is 11.6 Å². The van der Waals surface area contributed by atoms with Gasteiger partial charge in [-0.2, -0.15) is 0 Å². The molecule has 1 saturated heterocycles. The lowest BCUT2D eigenvalue weighted by atomic mass is 9.77. The van der Waals surface area contributed by atoms with Gasteiger partial charge in [-0.05, 0) is 60.3 Å². The summed E-state index contributed by atoms with van der Waals surface area (Å²) in [5.74, 6) is -0.531. The third-order valence-electron chi connectivity index (χ3n) is 4.14. The van der Waals surface area contributed by atoms with Crippen molar-refractivity contribution in [2.45, 2.75) is 18.3 Å². The van der Waals surface area contributed by atoms with Crippen molar-refractivity contribution in [1.29, 1.82) is 0 Å². The van der Waals surface area contributed by atoms with Gasteiger partial charge in [0.25, 0.3) is 0 Å². The minimum Gasteiger partial charge on any atom is -0.316 e. The van der Waals surface area contributed by atoms with Crippen molar-refractivity contribution in [3.8, 4) is 0 Å². The summed E-state index contributed by atoms with van der Waals surface area (Å²) in [5, 5.41) is 3.35. The van der Waals surface area contributed by atoms with Crippen LogP contribution in [0.4, 0.5) is 8.78 Å². The van der Waals surface area contributed by atoms with Gasteiger partial charge in [-0.15, -0.1) is 0 Å². The van der Waals surface area contributed by atoms with Crippen LogP contribution in [0.5, 0.6) is 0 Å². The number of benzene rings is 2. The molecular formula is C17H16BrF2N. The first kappa shape index (κ1) is 14.7. The molecule has 1 aliphatic heterocycles. The molecule has 1 fully saturated rings. The van der Waals surface area contributed by atoms with Crippen molar-refractivity contribution < 1.29 is 8.78 Å². The summed E-state index contributed by atoms with van der Waals surface area (Å²) in [5.41, 5.74) is 1.64. The van der Waals surface area contributed by atoms with E-state index in [0.717, 1.165) is 29.5 Å². The van der Waals surface area contributed by atoms with Crippen molar-refractivity contribution in [3.63, 3.8) is 0 Å². The molecule has 0 radical (unpaired) electrons. The Kier molecular flexibility index (Phi) is 4.36. The minimum absolute atomic E-state index is 0.00289. The molecular weight excluding hydrogens is 336 g/mol. The molecule has 1 N–H and O–H groups in total. The summed E-state index contributed by atoms with van der Waals surface area (Å²) in [7, 11) is 0. The summed E-state index contributed by atoms with van der Waals surface area (Å²) in [6.45, 7) is 1.61. The lowest BCUT2D eigenvalue weighted by molar-refractivity contribution is 0.391. The first-order valence-electron chi connectivity index (χ1n) is 7.06. The van der Waals surface area contributed by atoms with Crippen LogP contribution < -0.4 is 5.32 Å². The van der Waals surface area contributed by atoms with Crippen LogP contribution in [0.2, 0.25) is 0 Å². The van der Waals surface area contributed by atoms with E-state index in [1.165, 1.54) is 18.2 Å². The number of rotatable bonds is 2. The number of nitrogens with one attached hydrogen (secondary N) is 1. The average molecular weight is 352 g/mol. The zero-order chi connectivity index (χ0) is 14.8. The molecule has 0 spiro atoms. The van der Waals surface area contributed by atoms with Crippen molar-refractivity contribution in [3.05, 3.63) is 69.7 Å². The van der Waals surface area contributed by atoms with Crippen LogP contribution in [0.1, 0.15) is 29.4 Å². The predicted molar refractivity (Wildman–Crippen MR) is 83.5 cm³/mol. The van der Waals surface area contributed by atoms with Crippen molar-refractivity contribution in [1.82, 2.24) is 5.32 Å². The van der Waals surface area contributed by atoms with E-state index < -0.39 is 0 Å². The summed E-state index contributed by atoms with van der Waals surface area (Å²) in [6.07, 6.45) is 0.807. The molecule has 2 aromatic rings. The highest BCUT2D eigenvalue weighted by Crippen LogP contribution is 2.38. The molecule has 1 aliphatic rings. The molecule has 0 aromatic heterocycles. The van der Waals surface area contributed by atoms with Crippen LogP contribution in [0.25, 0.3) is 0 Å². The van der Waals surface area contributed by atoms with Gasteiger partial charge in [0, 0.05) is 16.9 Å². The Hall–Kier alpha value is -1.26. The van der Waals surface area contributed by atoms with Crippen molar-refractivity contribution in [2.24, 2.45) is 0 Å².